The number of aryl methyl sites for hydroxylation is 1. The molecule has 1 aliphatic rings. The van der Waals surface area contributed by atoms with Crippen molar-refractivity contribution in [3.8, 4) is 0 Å². The van der Waals surface area contributed by atoms with Gasteiger partial charge in [0, 0.05) is 29.8 Å². The Labute approximate surface area is 157 Å². The van der Waals surface area contributed by atoms with Gasteiger partial charge in [-0.3, -0.25) is 14.4 Å². The number of rotatable bonds is 3. The molecule has 27 heavy (non-hydrogen) atoms. The normalized spacial score (nSPS) is 14.5. The maximum absolute atomic E-state index is 12.6. The third kappa shape index (κ3) is 3.92. The number of aromatic amines is 1. The van der Waals surface area contributed by atoms with Crippen LogP contribution in [0.2, 0.25) is 0 Å². The highest BCUT2D eigenvalue weighted by Gasteiger charge is 2.23. The second-order valence-electron chi connectivity index (χ2n) is 7.77. The molecule has 0 aliphatic carbocycles. The number of benzene rings is 1. The number of aromatic nitrogens is 2. The quantitative estimate of drug-likeness (QED) is 0.871. The average Bonchev–Trinajstić information content (AvgIpc) is 3.00. The van der Waals surface area contributed by atoms with Crippen LogP contribution >= 0.6 is 0 Å². The highest BCUT2D eigenvalue weighted by atomic mass is 16.2. The molecule has 2 aromatic rings. The summed E-state index contributed by atoms with van der Waals surface area (Å²) in [5.74, 6) is 0.145. The van der Waals surface area contributed by atoms with Gasteiger partial charge in [-0.15, -0.1) is 0 Å². The van der Waals surface area contributed by atoms with E-state index in [1.165, 1.54) is 0 Å². The first kappa shape index (κ1) is 18.8. The van der Waals surface area contributed by atoms with Crippen LogP contribution in [0.1, 0.15) is 55.5 Å². The van der Waals surface area contributed by atoms with Gasteiger partial charge in [-0.05, 0) is 37.6 Å². The van der Waals surface area contributed by atoms with Crippen LogP contribution in [0.4, 0.5) is 11.4 Å². The van der Waals surface area contributed by atoms with Crippen molar-refractivity contribution in [1.82, 2.24) is 9.97 Å². The molecule has 1 saturated heterocycles. The Morgan fingerprint density at radius 1 is 1.19 bits per heavy atom. The lowest BCUT2D eigenvalue weighted by molar-refractivity contribution is -0.117. The van der Waals surface area contributed by atoms with Crippen molar-refractivity contribution < 1.29 is 9.59 Å². The van der Waals surface area contributed by atoms with Gasteiger partial charge in [-0.2, -0.15) is 0 Å². The Balaban J connectivity index is 1.79. The molecular weight excluding hydrogens is 344 g/mol. The van der Waals surface area contributed by atoms with Crippen molar-refractivity contribution >= 4 is 23.2 Å². The van der Waals surface area contributed by atoms with Gasteiger partial charge in [0.15, 0.2) is 0 Å². The predicted molar refractivity (Wildman–Crippen MR) is 104 cm³/mol. The zero-order valence-electron chi connectivity index (χ0n) is 16.0. The lowest BCUT2D eigenvalue weighted by Gasteiger charge is -2.18. The first-order valence-electron chi connectivity index (χ1n) is 9.00. The molecule has 0 atom stereocenters. The topological polar surface area (TPSA) is 95.2 Å². The molecule has 0 radical (unpaired) electrons. The van der Waals surface area contributed by atoms with Crippen LogP contribution in [0, 0.1) is 6.92 Å². The van der Waals surface area contributed by atoms with Crippen LogP contribution in [-0.2, 0) is 10.2 Å². The lowest BCUT2D eigenvalue weighted by atomic mass is 9.95. The molecule has 7 nitrogen and oxygen atoms in total. The first-order chi connectivity index (χ1) is 12.7. The van der Waals surface area contributed by atoms with Gasteiger partial charge in [0.25, 0.3) is 11.5 Å². The van der Waals surface area contributed by atoms with Crippen LogP contribution in [0.5, 0.6) is 0 Å². The van der Waals surface area contributed by atoms with Crippen molar-refractivity contribution in [3.05, 3.63) is 51.7 Å². The maximum atomic E-state index is 12.6. The zero-order valence-corrected chi connectivity index (χ0v) is 16.0. The second kappa shape index (κ2) is 6.98. The van der Waals surface area contributed by atoms with E-state index < -0.39 is 11.5 Å². The summed E-state index contributed by atoms with van der Waals surface area (Å²) in [6, 6.07) is 7.02. The number of nitrogens with zero attached hydrogens (tertiary/aromatic N) is 2. The van der Waals surface area contributed by atoms with E-state index in [1.807, 2.05) is 20.8 Å². The van der Waals surface area contributed by atoms with Crippen molar-refractivity contribution in [2.24, 2.45) is 0 Å². The Morgan fingerprint density at radius 2 is 1.85 bits per heavy atom. The minimum atomic E-state index is -0.508. The number of carbonyl (C=O) groups is 2. The largest absolute Gasteiger partial charge is 0.322 e. The zero-order chi connectivity index (χ0) is 19.8. The number of carbonyl (C=O) groups excluding carboxylic acids is 2. The molecule has 2 amide bonds. The van der Waals surface area contributed by atoms with E-state index in [4.69, 9.17) is 0 Å². The summed E-state index contributed by atoms with van der Waals surface area (Å²) in [5, 5.41) is 2.72. The minimum absolute atomic E-state index is 0.00166. The van der Waals surface area contributed by atoms with E-state index in [9.17, 15) is 14.4 Å². The number of anilines is 2. The second-order valence-corrected chi connectivity index (χ2v) is 7.77. The average molecular weight is 368 g/mol. The van der Waals surface area contributed by atoms with Crippen molar-refractivity contribution in [2.75, 3.05) is 16.8 Å². The highest BCUT2D eigenvalue weighted by Crippen LogP contribution is 2.23. The summed E-state index contributed by atoms with van der Waals surface area (Å²) in [7, 11) is 0. The van der Waals surface area contributed by atoms with Gasteiger partial charge < -0.3 is 15.2 Å². The van der Waals surface area contributed by atoms with Crippen LogP contribution in [0.25, 0.3) is 0 Å². The third-order valence-electron chi connectivity index (χ3n) is 4.55. The smallest absolute Gasteiger partial charge is 0.264 e. The SMILES string of the molecule is Cc1nc(C(C)(C)C)[nH]c(=O)c1C(=O)Nc1ccc(N2CCCC2=O)cc1. The predicted octanol–water partition coefficient (Wildman–Crippen LogP) is 2.75. The molecule has 3 rings (SSSR count). The van der Waals surface area contributed by atoms with Gasteiger partial charge in [-0.25, -0.2) is 4.98 Å². The molecule has 1 fully saturated rings. The molecule has 1 aromatic carbocycles. The van der Waals surface area contributed by atoms with E-state index >= 15 is 0 Å². The summed E-state index contributed by atoms with van der Waals surface area (Å²) in [4.78, 5) is 45.6. The van der Waals surface area contributed by atoms with Gasteiger partial charge in [0.2, 0.25) is 5.91 Å². The monoisotopic (exact) mass is 368 g/mol. The molecule has 2 N–H and O–H groups in total. The Morgan fingerprint density at radius 3 is 2.37 bits per heavy atom. The van der Waals surface area contributed by atoms with E-state index in [1.54, 1.807) is 36.1 Å². The number of hydrogen-bond acceptors (Lipinski definition) is 4. The van der Waals surface area contributed by atoms with Gasteiger partial charge >= 0.3 is 0 Å². The van der Waals surface area contributed by atoms with Crippen molar-refractivity contribution in [1.29, 1.82) is 0 Å². The molecular formula is C20H24N4O3. The first-order valence-corrected chi connectivity index (χ1v) is 9.00. The third-order valence-corrected chi connectivity index (χ3v) is 4.55. The van der Waals surface area contributed by atoms with Crippen LogP contribution in [0.15, 0.2) is 29.1 Å². The molecule has 2 heterocycles. The number of nitrogens with one attached hydrogen (secondary N) is 2. The van der Waals surface area contributed by atoms with Gasteiger partial charge in [-0.1, -0.05) is 20.8 Å². The van der Waals surface area contributed by atoms with E-state index in [0.717, 1.165) is 12.1 Å². The van der Waals surface area contributed by atoms with Crippen molar-refractivity contribution in [2.45, 2.75) is 46.0 Å². The minimum Gasteiger partial charge on any atom is -0.322 e. The summed E-state index contributed by atoms with van der Waals surface area (Å²) < 4.78 is 0. The summed E-state index contributed by atoms with van der Waals surface area (Å²) in [6.45, 7) is 8.19. The summed E-state index contributed by atoms with van der Waals surface area (Å²) in [6.07, 6.45) is 1.43. The number of hydrogen-bond donors (Lipinski definition) is 2. The highest BCUT2D eigenvalue weighted by molar-refractivity contribution is 6.05. The lowest BCUT2D eigenvalue weighted by Crippen LogP contribution is -2.30. The van der Waals surface area contributed by atoms with Crippen molar-refractivity contribution in [3.63, 3.8) is 0 Å². The number of amides is 2. The van der Waals surface area contributed by atoms with Gasteiger partial charge in [0.1, 0.15) is 11.4 Å². The fourth-order valence-corrected chi connectivity index (χ4v) is 3.05. The Kier molecular flexibility index (Phi) is 4.87. The van der Waals surface area contributed by atoms with E-state index in [-0.39, 0.29) is 16.9 Å². The molecule has 0 bridgehead atoms. The van der Waals surface area contributed by atoms with Gasteiger partial charge in [0.05, 0.1) is 5.69 Å². The molecule has 1 aliphatic heterocycles. The molecule has 0 saturated carbocycles. The molecule has 142 valence electrons. The summed E-state index contributed by atoms with van der Waals surface area (Å²) >= 11 is 0. The summed E-state index contributed by atoms with van der Waals surface area (Å²) in [5.41, 5.74) is 0.975. The van der Waals surface area contributed by atoms with E-state index in [2.05, 4.69) is 15.3 Å². The molecule has 0 unspecified atom stereocenters. The maximum Gasteiger partial charge on any atom is 0.264 e. The van der Waals surface area contributed by atoms with E-state index in [0.29, 0.717) is 30.2 Å². The Bertz CT molecular complexity index is 939. The molecule has 1 aromatic heterocycles. The fourth-order valence-electron chi connectivity index (χ4n) is 3.05. The standard InChI is InChI=1S/C20H24N4O3/c1-12-16(18(27)23-19(21-12)20(2,3)4)17(26)22-13-7-9-14(10-8-13)24-11-5-6-15(24)25/h7-10H,5-6,11H2,1-4H3,(H,22,26)(H,21,23,27). The van der Waals surface area contributed by atoms with Crippen LogP contribution < -0.4 is 15.8 Å². The number of H-pyrrole nitrogens is 1. The molecule has 0 spiro atoms. The van der Waals surface area contributed by atoms with Crippen LogP contribution in [0.3, 0.4) is 0 Å². The fraction of sp³-hybridized carbons (Fsp3) is 0.400. The van der Waals surface area contributed by atoms with Crippen LogP contribution in [-0.4, -0.2) is 28.3 Å². The Hall–Kier alpha value is -2.96. The molecule has 7 heteroatoms.